The number of amides is 3. The van der Waals surface area contributed by atoms with Crippen LogP contribution in [0.4, 0.5) is 0 Å². The first-order valence-electron chi connectivity index (χ1n) is 8.92. The Kier molecular flexibility index (Phi) is 5.64. The molecule has 3 atom stereocenters. The van der Waals surface area contributed by atoms with E-state index in [2.05, 4.69) is 5.32 Å². The number of hydrogen-bond acceptors (Lipinski definition) is 7. The van der Waals surface area contributed by atoms with E-state index in [-0.39, 0.29) is 48.1 Å². The smallest absolute Gasteiger partial charge is 0.308 e. The van der Waals surface area contributed by atoms with Gasteiger partial charge in [-0.3, -0.25) is 24.1 Å². The first kappa shape index (κ1) is 19.5. The highest BCUT2D eigenvalue weighted by Gasteiger charge is 2.46. The summed E-state index contributed by atoms with van der Waals surface area (Å²) in [5.74, 6) is -2.55. The van der Waals surface area contributed by atoms with Crippen LogP contribution < -0.4 is 5.32 Å². The Labute approximate surface area is 157 Å². The molecule has 0 unspecified atom stereocenters. The van der Waals surface area contributed by atoms with Crippen molar-refractivity contribution in [3.8, 4) is 0 Å². The molecule has 2 fully saturated rings. The summed E-state index contributed by atoms with van der Waals surface area (Å²) >= 11 is 0. The number of carbonyl (C=O) groups excluding carboxylic acids is 4. The number of fused-ring (bicyclic) bond motifs is 1. The van der Waals surface area contributed by atoms with Crippen molar-refractivity contribution in [1.82, 2.24) is 10.2 Å². The summed E-state index contributed by atoms with van der Waals surface area (Å²) in [6.07, 6.45) is 5.00. The van der Waals surface area contributed by atoms with Crippen molar-refractivity contribution >= 4 is 33.5 Å². The maximum Gasteiger partial charge on any atom is 0.308 e. The molecule has 3 amide bonds. The maximum absolute atomic E-state index is 12.3. The molecule has 2 heterocycles. The maximum atomic E-state index is 12.3. The highest BCUT2D eigenvalue weighted by Crippen LogP contribution is 2.34. The third kappa shape index (κ3) is 4.55. The predicted octanol–water partition coefficient (Wildman–Crippen LogP) is -0.826. The lowest BCUT2D eigenvalue weighted by Gasteiger charge is -2.14. The molecule has 2 aliphatic heterocycles. The van der Waals surface area contributed by atoms with Crippen LogP contribution in [0, 0.1) is 11.8 Å². The first-order valence-corrected chi connectivity index (χ1v) is 10.7. The summed E-state index contributed by atoms with van der Waals surface area (Å²) in [5, 5.41) is 2.51. The van der Waals surface area contributed by atoms with Gasteiger partial charge in [0.1, 0.15) is 0 Å². The summed E-state index contributed by atoms with van der Waals surface area (Å²) in [7, 11) is -3.11. The summed E-state index contributed by atoms with van der Waals surface area (Å²) < 4.78 is 27.5. The van der Waals surface area contributed by atoms with Crippen molar-refractivity contribution in [2.45, 2.75) is 31.7 Å². The van der Waals surface area contributed by atoms with Crippen molar-refractivity contribution in [3.63, 3.8) is 0 Å². The quantitative estimate of drug-likeness (QED) is 0.352. The number of nitrogens with one attached hydrogen (secondary N) is 1. The van der Waals surface area contributed by atoms with Gasteiger partial charge in [-0.2, -0.15) is 0 Å². The zero-order valence-corrected chi connectivity index (χ0v) is 15.6. The Morgan fingerprint density at radius 3 is 2.33 bits per heavy atom. The van der Waals surface area contributed by atoms with Gasteiger partial charge in [0, 0.05) is 12.6 Å². The molecule has 0 aromatic heterocycles. The molecule has 27 heavy (non-hydrogen) atoms. The van der Waals surface area contributed by atoms with Crippen LogP contribution in [0.3, 0.4) is 0 Å². The number of esters is 1. The van der Waals surface area contributed by atoms with E-state index >= 15 is 0 Å². The van der Waals surface area contributed by atoms with Gasteiger partial charge in [-0.1, -0.05) is 12.2 Å². The van der Waals surface area contributed by atoms with Crippen molar-refractivity contribution in [3.05, 3.63) is 12.2 Å². The monoisotopic (exact) mass is 398 g/mol. The Hall–Kier alpha value is -2.23. The third-order valence-corrected chi connectivity index (χ3v) is 6.87. The van der Waals surface area contributed by atoms with Crippen LogP contribution >= 0.6 is 0 Å². The lowest BCUT2D eigenvalue weighted by Crippen LogP contribution is -2.38. The topological polar surface area (TPSA) is 127 Å². The highest BCUT2D eigenvalue weighted by atomic mass is 32.2. The summed E-state index contributed by atoms with van der Waals surface area (Å²) in [6.45, 7) is -0.585. The second-order valence-corrected chi connectivity index (χ2v) is 9.29. The number of likely N-dealkylation sites (tertiary alicyclic amines) is 1. The third-order valence-electron chi connectivity index (χ3n) is 5.10. The number of carbonyl (C=O) groups is 4. The van der Waals surface area contributed by atoms with Gasteiger partial charge in [-0.25, -0.2) is 8.42 Å². The molecule has 0 spiro atoms. The Balaban J connectivity index is 1.39. The van der Waals surface area contributed by atoms with Crippen molar-refractivity contribution in [1.29, 1.82) is 0 Å². The van der Waals surface area contributed by atoms with Gasteiger partial charge in [-0.05, 0) is 19.3 Å². The fourth-order valence-corrected chi connectivity index (χ4v) is 5.36. The molecule has 1 N–H and O–H groups in total. The minimum atomic E-state index is -3.11. The molecular formula is C17H22N2O7S. The molecule has 2 saturated heterocycles. The highest BCUT2D eigenvalue weighted by molar-refractivity contribution is 7.91. The molecule has 3 aliphatic rings. The summed E-state index contributed by atoms with van der Waals surface area (Å²) in [4.78, 5) is 49.2. The van der Waals surface area contributed by atoms with Gasteiger partial charge in [0.25, 0.3) is 5.91 Å². The zero-order valence-electron chi connectivity index (χ0n) is 14.8. The Morgan fingerprint density at radius 2 is 1.78 bits per heavy atom. The van der Waals surface area contributed by atoms with Gasteiger partial charge >= 0.3 is 5.97 Å². The van der Waals surface area contributed by atoms with Gasteiger partial charge in [0.15, 0.2) is 16.4 Å². The number of rotatable bonds is 6. The molecular weight excluding hydrogens is 376 g/mol. The first-order chi connectivity index (χ1) is 12.8. The number of allylic oxidation sites excluding steroid dienone is 2. The molecule has 1 aliphatic carbocycles. The second-order valence-electron chi connectivity index (χ2n) is 7.06. The lowest BCUT2D eigenvalue weighted by atomic mass is 9.85. The number of imide groups is 1. The number of ether oxygens (including phenoxy) is 1. The van der Waals surface area contributed by atoms with Gasteiger partial charge in [-0.15, -0.1) is 0 Å². The van der Waals surface area contributed by atoms with E-state index in [0.717, 1.165) is 4.90 Å². The van der Waals surface area contributed by atoms with E-state index in [1.165, 1.54) is 0 Å². The van der Waals surface area contributed by atoms with Gasteiger partial charge in [0.05, 0.1) is 29.8 Å². The molecule has 0 aromatic carbocycles. The normalized spacial score (nSPS) is 28.9. The fourth-order valence-electron chi connectivity index (χ4n) is 3.69. The van der Waals surface area contributed by atoms with E-state index in [9.17, 15) is 27.6 Å². The molecule has 10 heteroatoms. The van der Waals surface area contributed by atoms with Crippen molar-refractivity contribution in [2.75, 3.05) is 24.7 Å². The van der Waals surface area contributed by atoms with E-state index in [4.69, 9.17) is 4.74 Å². The summed E-state index contributed by atoms with van der Waals surface area (Å²) in [5.41, 5.74) is 0. The van der Waals surface area contributed by atoms with Gasteiger partial charge < -0.3 is 10.1 Å². The second kappa shape index (κ2) is 7.79. The van der Waals surface area contributed by atoms with Crippen LogP contribution in [-0.2, 0) is 33.8 Å². The van der Waals surface area contributed by atoms with Crippen LogP contribution in [-0.4, -0.2) is 67.7 Å². The molecule has 0 bridgehead atoms. The predicted molar refractivity (Wildman–Crippen MR) is 92.9 cm³/mol. The molecule has 0 radical (unpaired) electrons. The van der Waals surface area contributed by atoms with E-state index in [1.54, 1.807) is 0 Å². The zero-order chi connectivity index (χ0) is 19.6. The van der Waals surface area contributed by atoms with Crippen molar-refractivity contribution < 1.29 is 32.3 Å². The van der Waals surface area contributed by atoms with E-state index < -0.39 is 34.4 Å². The minimum absolute atomic E-state index is 0.0349. The van der Waals surface area contributed by atoms with Crippen LogP contribution in [0.1, 0.15) is 25.7 Å². The van der Waals surface area contributed by atoms with Crippen LogP contribution in [0.5, 0.6) is 0 Å². The average molecular weight is 398 g/mol. The Bertz CT molecular complexity index is 763. The van der Waals surface area contributed by atoms with Crippen LogP contribution in [0.25, 0.3) is 0 Å². The number of sulfone groups is 1. The van der Waals surface area contributed by atoms with Crippen molar-refractivity contribution in [2.24, 2.45) is 11.8 Å². The van der Waals surface area contributed by atoms with E-state index in [1.807, 2.05) is 12.2 Å². The van der Waals surface area contributed by atoms with Crippen LogP contribution in [0.2, 0.25) is 0 Å². The van der Waals surface area contributed by atoms with E-state index in [0.29, 0.717) is 19.3 Å². The number of hydrogen-bond donors (Lipinski definition) is 1. The number of nitrogens with zero attached hydrogens (tertiary/aromatic N) is 1. The molecule has 9 nitrogen and oxygen atoms in total. The largest absolute Gasteiger partial charge is 0.456 e. The fraction of sp³-hybridized carbons (Fsp3) is 0.647. The molecule has 148 valence electrons. The Morgan fingerprint density at radius 1 is 1.15 bits per heavy atom. The molecule has 3 rings (SSSR count). The SMILES string of the molecule is O=C(COC(=O)CCN1C(=O)[C@H]2CC=CC[C@H]2C1=O)N[C@@H]1CCS(=O)(=O)C1. The molecule has 0 aromatic rings. The van der Waals surface area contributed by atoms with Gasteiger partial charge in [0.2, 0.25) is 11.8 Å². The molecule has 0 saturated carbocycles. The lowest BCUT2D eigenvalue weighted by molar-refractivity contribution is -0.150. The average Bonchev–Trinajstić information content (AvgIpc) is 3.09. The summed E-state index contributed by atoms with van der Waals surface area (Å²) in [6, 6.07) is -0.460. The minimum Gasteiger partial charge on any atom is -0.456 e. The standard InChI is InChI=1S/C17H22N2O7S/c20-14(18-11-6-8-27(24,25)10-11)9-26-15(21)5-7-19-16(22)12-3-1-2-4-13(12)17(19)23/h1-2,11-13H,3-10H2,(H,18,20)/t11-,12-,13+/m1/s1. The van der Waals surface area contributed by atoms with Crippen LogP contribution in [0.15, 0.2) is 12.2 Å².